The maximum atomic E-state index is 11.7. The number of rotatable bonds is 6. The van der Waals surface area contributed by atoms with Gasteiger partial charge in [0.1, 0.15) is 11.5 Å². The topological polar surface area (TPSA) is 102 Å². The summed E-state index contributed by atoms with van der Waals surface area (Å²) < 4.78 is 6.18. The summed E-state index contributed by atoms with van der Waals surface area (Å²) in [5.74, 6) is 0.504. The molecule has 0 spiro atoms. The van der Waals surface area contributed by atoms with Crippen LogP contribution in [0.1, 0.15) is 13.8 Å². The van der Waals surface area contributed by atoms with Crippen LogP contribution in [0.25, 0.3) is 0 Å². The largest absolute Gasteiger partial charge is 0.383 e. The Morgan fingerprint density at radius 2 is 2.11 bits per heavy atom. The molecular formula is C11H20N4O3. The lowest BCUT2D eigenvalue weighted by Crippen LogP contribution is -2.35. The lowest BCUT2D eigenvalue weighted by molar-refractivity contribution is 0.186. The van der Waals surface area contributed by atoms with Crippen molar-refractivity contribution in [3.63, 3.8) is 0 Å². The number of nitrogen functional groups attached to an aromatic ring is 1. The van der Waals surface area contributed by atoms with Gasteiger partial charge in [-0.05, 0) is 5.92 Å². The van der Waals surface area contributed by atoms with Crippen molar-refractivity contribution in [1.29, 1.82) is 0 Å². The quantitative estimate of drug-likeness (QED) is 0.656. The van der Waals surface area contributed by atoms with Crippen LogP contribution >= 0.6 is 0 Å². The van der Waals surface area contributed by atoms with Gasteiger partial charge in [-0.1, -0.05) is 13.8 Å². The normalized spacial score (nSPS) is 10.9. The fourth-order valence-corrected chi connectivity index (χ4v) is 1.47. The Morgan fingerprint density at radius 1 is 1.44 bits per heavy atom. The average molecular weight is 256 g/mol. The van der Waals surface area contributed by atoms with Gasteiger partial charge in [0.25, 0.3) is 5.56 Å². The fourth-order valence-electron chi connectivity index (χ4n) is 1.47. The van der Waals surface area contributed by atoms with E-state index in [1.807, 2.05) is 13.8 Å². The number of aromatic amines is 1. The second-order valence-electron chi connectivity index (χ2n) is 4.44. The van der Waals surface area contributed by atoms with Gasteiger partial charge in [-0.3, -0.25) is 14.3 Å². The molecule has 1 heterocycles. The Balaban J connectivity index is 3.10. The summed E-state index contributed by atoms with van der Waals surface area (Å²) in [5.41, 5.74) is 5.06. The third kappa shape index (κ3) is 3.36. The Hall–Kier alpha value is -1.76. The number of nitrogens with zero attached hydrogens (tertiary/aromatic N) is 1. The molecule has 4 N–H and O–H groups in total. The number of nitrogens with two attached hydrogens (primary N) is 1. The highest BCUT2D eigenvalue weighted by Gasteiger charge is 2.11. The maximum Gasteiger partial charge on any atom is 0.330 e. The molecule has 7 heteroatoms. The second-order valence-corrected chi connectivity index (χ2v) is 4.44. The molecule has 0 unspecified atom stereocenters. The van der Waals surface area contributed by atoms with Gasteiger partial charge in [0, 0.05) is 13.7 Å². The van der Waals surface area contributed by atoms with Crippen molar-refractivity contribution in [3.05, 3.63) is 20.8 Å². The summed E-state index contributed by atoms with van der Waals surface area (Å²) in [7, 11) is 1.53. The van der Waals surface area contributed by atoms with Crippen LogP contribution < -0.4 is 22.3 Å². The van der Waals surface area contributed by atoms with Gasteiger partial charge < -0.3 is 15.8 Å². The smallest absolute Gasteiger partial charge is 0.330 e. The van der Waals surface area contributed by atoms with E-state index >= 15 is 0 Å². The lowest BCUT2D eigenvalue weighted by atomic mass is 10.2. The molecule has 0 aliphatic rings. The molecule has 0 aliphatic heterocycles. The summed E-state index contributed by atoms with van der Waals surface area (Å²) >= 11 is 0. The highest BCUT2D eigenvalue weighted by molar-refractivity contribution is 5.60. The van der Waals surface area contributed by atoms with E-state index in [1.165, 1.54) is 11.7 Å². The van der Waals surface area contributed by atoms with Gasteiger partial charge in [0.05, 0.1) is 13.2 Å². The van der Waals surface area contributed by atoms with Crippen LogP contribution in [0.5, 0.6) is 0 Å². The molecule has 0 atom stereocenters. The third-order valence-corrected chi connectivity index (χ3v) is 2.45. The van der Waals surface area contributed by atoms with Crippen molar-refractivity contribution >= 4 is 11.5 Å². The third-order valence-electron chi connectivity index (χ3n) is 2.45. The molecule has 0 aromatic carbocycles. The first-order valence-electron chi connectivity index (χ1n) is 5.82. The van der Waals surface area contributed by atoms with Crippen molar-refractivity contribution in [1.82, 2.24) is 9.55 Å². The van der Waals surface area contributed by atoms with E-state index in [0.29, 0.717) is 25.6 Å². The number of anilines is 2. The van der Waals surface area contributed by atoms with Gasteiger partial charge in [0.15, 0.2) is 0 Å². The summed E-state index contributed by atoms with van der Waals surface area (Å²) in [6, 6.07) is 0. The van der Waals surface area contributed by atoms with Crippen LogP contribution in [-0.4, -0.2) is 29.8 Å². The number of methoxy groups -OCH3 is 1. The number of H-pyrrole nitrogens is 1. The maximum absolute atomic E-state index is 11.7. The number of ether oxygens (including phenoxy) is 1. The van der Waals surface area contributed by atoms with Crippen LogP contribution in [0.3, 0.4) is 0 Å². The molecule has 0 amide bonds. The molecule has 1 aromatic rings. The first-order valence-corrected chi connectivity index (χ1v) is 5.82. The molecule has 1 aromatic heterocycles. The monoisotopic (exact) mass is 256 g/mol. The van der Waals surface area contributed by atoms with Gasteiger partial charge in [0.2, 0.25) is 0 Å². The second kappa shape index (κ2) is 6.25. The summed E-state index contributed by atoms with van der Waals surface area (Å²) in [4.78, 5) is 25.5. The van der Waals surface area contributed by atoms with E-state index in [1.54, 1.807) is 0 Å². The van der Waals surface area contributed by atoms with E-state index in [9.17, 15) is 9.59 Å². The molecule has 0 saturated heterocycles. The number of nitrogens with one attached hydrogen (secondary N) is 2. The minimum absolute atomic E-state index is 0.140. The Kier molecular flexibility index (Phi) is 4.96. The summed E-state index contributed by atoms with van der Waals surface area (Å²) in [6.45, 7) is 5.28. The van der Waals surface area contributed by atoms with E-state index in [2.05, 4.69) is 10.3 Å². The number of aromatic nitrogens is 2. The van der Waals surface area contributed by atoms with Crippen LogP contribution in [-0.2, 0) is 11.3 Å². The van der Waals surface area contributed by atoms with Crippen molar-refractivity contribution in [2.45, 2.75) is 20.4 Å². The standard InChI is InChI=1S/C11H20N4O3/c1-7(2)6-13-8-9(12)15(4-5-18-3)11(17)14-10(8)16/h7,13H,4-6,12H2,1-3H3,(H,14,16,17). The van der Waals surface area contributed by atoms with Crippen molar-refractivity contribution < 1.29 is 4.74 Å². The molecular weight excluding hydrogens is 236 g/mol. The molecule has 7 nitrogen and oxygen atoms in total. The highest BCUT2D eigenvalue weighted by atomic mass is 16.5. The SMILES string of the molecule is COCCn1c(N)c(NCC(C)C)c(=O)[nH]c1=O. The van der Waals surface area contributed by atoms with Crippen LogP contribution in [0.15, 0.2) is 9.59 Å². The van der Waals surface area contributed by atoms with Gasteiger partial charge in [-0.15, -0.1) is 0 Å². The lowest BCUT2D eigenvalue weighted by Gasteiger charge is -2.14. The minimum Gasteiger partial charge on any atom is -0.383 e. The highest BCUT2D eigenvalue weighted by Crippen LogP contribution is 2.10. The Morgan fingerprint density at radius 3 is 2.67 bits per heavy atom. The van der Waals surface area contributed by atoms with E-state index in [0.717, 1.165) is 0 Å². The minimum atomic E-state index is -0.523. The molecule has 0 fully saturated rings. The van der Waals surface area contributed by atoms with Crippen LogP contribution in [0.4, 0.5) is 11.5 Å². The van der Waals surface area contributed by atoms with Gasteiger partial charge in [-0.2, -0.15) is 0 Å². The molecule has 0 aliphatic carbocycles. The molecule has 1 rings (SSSR count). The summed E-state index contributed by atoms with van der Waals surface area (Å²) in [6.07, 6.45) is 0. The predicted molar refractivity (Wildman–Crippen MR) is 70.9 cm³/mol. The average Bonchev–Trinajstić information content (AvgIpc) is 2.27. The zero-order valence-electron chi connectivity index (χ0n) is 10.9. The molecule has 102 valence electrons. The zero-order valence-corrected chi connectivity index (χ0v) is 10.9. The number of hydrogen-bond donors (Lipinski definition) is 3. The summed E-state index contributed by atoms with van der Waals surface area (Å²) in [5, 5.41) is 2.96. The van der Waals surface area contributed by atoms with Crippen LogP contribution in [0.2, 0.25) is 0 Å². The molecule has 0 saturated carbocycles. The first-order chi connectivity index (χ1) is 8.47. The molecule has 18 heavy (non-hydrogen) atoms. The van der Waals surface area contributed by atoms with Crippen molar-refractivity contribution in [2.75, 3.05) is 31.3 Å². The van der Waals surface area contributed by atoms with E-state index in [-0.39, 0.29) is 11.5 Å². The van der Waals surface area contributed by atoms with E-state index < -0.39 is 11.2 Å². The Labute approximate surface area is 105 Å². The molecule has 0 bridgehead atoms. The van der Waals surface area contributed by atoms with Gasteiger partial charge in [-0.25, -0.2) is 4.79 Å². The zero-order chi connectivity index (χ0) is 13.7. The fraction of sp³-hybridized carbons (Fsp3) is 0.636. The van der Waals surface area contributed by atoms with Crippen LogP contribution in [0, 0.1) is 5.92 Å². The number of hydrogen-bond acceptors (Lipinski definition) is 5. The van der Waals surface area contributed by atoms with Crippen molar-refractivity contribution in [2.24, 2.45) is 5.92 Å². The van der Waals surface area contributed by atoms with Crippen molar-refractivity contribution in [3.8, 4) is 0 Å². The van der Waals surface area contributed by atoms with E-state index in [4.69, 9.17) is 10.5 Å². The molecule has 0 radical (unpaired) electrons. The Bertz CT molecular complexity index is 504. The van der Waals surface area contributed by atoms with Gasteiger partial charge >= 0.3 is 5.69 Å². The first kappa shape index (κ1) is 14.3. The predicted octanol–water partition coefficient (Wildman–Crippen LogP) is -0.167.